The van der Waals surface area contributed by atoms with Crippen molar-refractivity contribution in [2.75, 3.05) is 0 Å². The summed E-state index contributed by atoms with van der Waals surface area (Å²) in [5.74, 6) is -3.18. The molecule has 4 rings (SSSR count). The first kappa shape index (κ1) is 27.5. The van der Waals surface area contributed by atoms with Crippen molar-refractivity contribution in [1.82, 2.24) is 5.32 Å². The molecule has 4 nitrogen and oxygen atoms in total. The molecule has 2 fully saturated rings. The van der Waals surface area contributed by atoms with Gasteiger partial charge in [-0.2, -0.15) is 26.3 Å². The van der Waals surface area contributed by atoms with Gasteiger partial charge in [-0.1, -0.05) is 32.0 Å². The third-order valence-electron chi connectivity index (χ3n) is 8.24. The first-order valence-electron chi connectivity index (χ1n) is 12.4. The molecule has 0 heterocycles. The van der Waals surface area contributed by atoms with E-state index >= 15 is 0 Å². The largest absolute Gasteiger partial charge is 0.490 e. The van der Waals surface area contributed by atoms with E-state index < -0.39 is 47.2 Å². The lowest BCUT2D eigenvalue weighted by Gasteiger charge is -2.51. The lowest BCUT2D eigenvalue weighted by atomic mass is 9.58. The number of ether oxygens (including phenoxy) is 1. The van der Waals surface area contributed by atoms with Crippen LogP contribution in [0.5, 0.6) is 5.75 Å². The predicted molar refractivity (Wildman–Crippen MR) is 126 cm³/mol. The summed E-state index contributed by atoms with van der Waals surface area (Å²) in [6.07, 6.45) is -9.60. The van der Waals surface area contributed by atoms with Crippen molar-refractivity contribution in [3.05, 3.63) is 41.5 Å². The molecule has 204 valence electrons. The number of carboxylic acids is 1. The van der Waals surface area contributed by atoms with Crippen LogP contribution in [0.4, 0.5) is 26.3 Å². The first-order chi connectivity index (χ1) is 17.1. The van der Waals surface area contributed by atoms with E-state index in [1.807, 2.05) is 20.8 Å². The maximum Gasteiger partial charge on any atom is 0.420 e. The van der Waals surface area contributed by atoms with E-state index in [4.69, 9.17) is 4.74 Å². The predicted octanol–water partition coefficient (Wildman–Crippen LogP) is 7.51. The van der Waals surface area contributed by atoms with Gasteiger partial charge < -0.3 is 15.2 Å². The molecule has 2 saturated carbocycles. The number of carbonyl (C=O) groups is 1. The smallest absolute Gasteiger partial charge is 0.420 e. The number of hydrogen-bond donors (Lipinski definition) is 2. The number of benzene rings is 2. The molecule has 0 aliphatic heterocycles. The number of hydrogen-bond acceptors (Lipinski definition) is 3. The molecule has 0 amide bonds. The monoisotopic (exact) mass is 531 g/mol. The number of alkyl halides is 6. The highest BCUT2D eigenvalue weighted by atomic mass is 19.4. The van der Waals surface area contributed by atoms with Gasteiger partial charge >= 0.3 is 18.3 Å². The molecule has 0 aromatic heterocycles. The number of fused-ring (bicyclic) bond motifs is 1. The van der Waals surface area contributed by atoms with Crippen molar-refractivity contribution in [3.8, 4) is 5.75 Å². The summed E-state index contributed by atoms with van der Waals surface area (Å²) in [6, 6.07) is 7.11. The topological polar surface area (TPSA) is 58.6 Å². The Morgan fingerprint density at radius 2 is 1.68 bits per heavy atom. The van der Waals surface area contributed by atoms with Crippen LogP contribution in [0.2, 0.25) is 0 Å². The molecule has 0 radical (unpaired) electrons. The van der Waals surface area contributed by atoms with Crippen LogP contribution in [-0.2, 0) is 11.0 Å². The molecule has 2 N–H and O–H groups in total. The highest BCUT2D eigenvalue weighted by Crippen LogP contribution is 2.48. The summed E-state index contributed by atoms with van der Waals surface area (Å²) < 4.78 is 87.4. The quantitative estimate of drug-likeness (QED) is 0.379. The number of aliphatic carboxylic acids is 1. The second-order valence-corrected chi connectivity index (χ2v) is 10.9. The molecule has 10 heteroatoms. The molecule has 2 aromatic carbocycles. The zero-order valence-corrected chi connectivity index (χ0v) is 20.8. The Hall–Kier alpha value is -2.49. The molecule has 3 atom stereocenters. The standard InChI is InChI=1S/C27H31F6NO3/c1-14(34-22-13-20(24(35)36)25(22,2)3)16-5-4-15-6-11-21(23(19(15)12-16)27(31,32)33)37-18-9-7-17(8-10-18)26(28,29)30/h4-6,11-12,14,17-18,20,22,34H,7-10,13H2,1-3H3,(H,35,36)/t14?,17?,18?,20-,22?/m0/s1. The first-order valence-corrected chi connectivity index (χ1v) is 12.4. The zero-order valence-electron chi connectivity index (χ0n) is 20.8. The molecule has 2 aromatic rings. The maximum atomic E-state index is 14.3. The van der Waals surface area contributed by atoms with Crippen LogP contribution in [0, 0.1) is 17.3 Å². The minimum absolute atomic E-state index is 0.0367. The SMILES string of the molecule is CC(NC1C[C@@H](C(=O)O)C1(C)C)c1ccc2ccc(OC3CCC(C(F)(F)F)CC3)c(C(F)(F)F)c2c1. The van der Waals surface area contributed by atoms with Crippen LogP contribution < -0.4 is 10.1 Å². The van der Waals surface area contributed by atoms with Crippen molar-refractivity contribution >= 4 is 16.7 Å². The molecule has 0 spiro atoms. The number of carboxylic acid groups (broad SMARTS) is 1. The van der Waals surface area contributed by atoms with Crippen molar-refractivity contribution in [1.29, 1.82) is 0 Å². The zero-order chi connectivity index (χ0) is 27.3. The lowest BCUT2D eigenvalue weighted by molar-refractivity contribution is -0.185. The van der Waals surface area contributed by atoms with Gasteiger partial charge in [0.15, 0.2) is 0 Å². The van der Waals surface area contributed by atoms with Gasteiger partial charge in [0.25, 0.3) is 0 Å². The van der Waals surface area contributed by atoms with Gasteiger partial charge in [-0.15, -0.1) is 0 Å². The number of rotatable bonds is 6. The average molecular weight is 532 g/mol. The second kappa shape index (κ2) is 9.67. The molecular formula is C27H31F6NO3. The molecule has 37 heavy (non-hydrogen) atoms. The summed E-state index contributed by atoms with van der Waals surface area (Å²) in [7, 11) is 0. The van der Waals surface area contributed by atoms with Gasteiger partial charge in [0.05, 0.1) is 17.9 Å². The summed E-state index contributed by atoms with van der Waals surface area (Å²) in [4.78, 5) is 11.4. The van der Waals surface area contributed by atoms with E-state index in [1.54, 1.807) is 12.1 Å². The Labute approximate surface area is 211 Å². The van der Waals surface area contributed by atoms with Crippen LogP contribution in [0.25, 0.3) is 10.8 Å². The van der Waals surface area contributed by atoms with Crippen LogP contribution >= 0.6 is 0 Å². The van der Waals surface area contributed by atoms with E-state index in [0.29, 0.717) is 17.4 Å². The molecule has 0 bridgehead atoms. The normalized spacial score (nSPS) is 26.9. The molecule has 2 aliphatic carbocycles. The highest BCUT2D eigenvalue weighted by molar-refractivity contribution is 5.89. The van der Waals surface area contributed by atoms with Crippen LogP contribution in [0.15, 0.2) is 30.3 Å². The van der Waals surface area contributed by atoms with E-state index in [0.717, 1.165) is 0 Å². The molecular weight excluding hydrogens is 500 g/mol. The van der Waals surface area contributed by atoms with E-state index in [9.17, 15) is 36.2 Å². The Kier molecular flexibility index (Phi) is 7.20. The van der Waals surface area contributed by atoms with Crippen molar-refractivity contribution in [2.24, 2.45) is 17.3 Å². The maximum absolute atomic E-state index is 14.3. The highest BCUT2D eigenvalue weighted by Gasteiger charge is 2.52. The number of halogens is 6. The minimum Gasteiger partial charge on any atom is -0.490 e. The minimum atomic E-state index is -4.74. The van der Waals surface area contributed by atoms with Gasteiger partial charge in [0.2, 0.25) is 0 Å². The Bertz CT molecular complexity index is 1150. The Balaban J connectivity index is 1.58. The van der Waals surface area contributed by atoms with Crippen molar-refractivity contribution in [3.63, 3.8) is 0 Å². The Morgan fingerprint density at radius 1 is 1.05 bits per heavy atom. The fourth-order valence-corrected chi connectivity index (χ4v) is 5.69. The van der Waals surface area contributed by atoms with Crippen LogP contribution in [0.1, 0.15) is 70.0 Å². The lowest BCUT2D eigenvalue weighted by Crippen LogP contribution is -2.59. The molecule has 2 aliphatic rings. The van der Waals surface area contributed by atoms with Gasteiger partial charge in [-0.05, 0) is 72.9 Å². The van der Waals surface area contributed by atoms with E-state index in [-0.39, 0.29) is 48.9 Å². The summed E-state index contributed by atoms with van der Waals surface area (Å²) in [5, 5.41) is 13.0. The van der Waals surface area contributed by atoms with Crippen molar-refractivity contribution in [2.45, 2.75) is 83.4 Å². The second-order valence-electron chi connectivity index (χ2n) is 10.9. The fraction of sp³-hybridized carbons (Fsp3) is 0.593. The molecule has 2 unspecified atom stereocenters. The fourth-order valence-electron chi connectivity index (χ4n) is 5.69. The van der Waals surface area contributed by atoms with Crippen molar-refractivity contribution < 1.29 is 41.0 Å². The number of nitrogens with one attached hydrogen (secondary N) is 1. The summed E-state index contributed by atoms with van der Waals surface area (Å²) >= 11 is 0. The van der Waals surface area contributed by atoms with Gasteiger partial charge in [0.1, 0.15) is 11.3 Å². The van der Waals surface area contributed by atoms with Crippen LogP contribution in [0.3, 0.4) is 0 Å². The third kappa shape index (κ3) is 5.54. The van der Waals surface area contributed by atoms with E-state index in [1.165, 1.54) is 18.2 Å². The molecule has 0 saturated heterocycles. The third-order valence-corrected chi connectivity index (χ3v) is 8.24. The summed E-state index contributed by atoms with van der Waals surface area (Å²) in [6.45, 7) is 5.53. The summed E-state index contributed by atoms with van der Waals surface area (Å²) in [5.41, 5.74) is -0.831. The Morgan fingerprint density at radius 3 is 2.22 bits per heavy atom. The van der Waals surface area contributed by atoms with Gasteiger partial charge in [-0.3, -0.25) is 4.79 Å². The van der Waals surface area contributed by atoms with Crippen LogP contribution in [-0.4, -0.2) is 29.4 Å². The van der Waals surface area contributed by atoms with Gasteiger partial charge in [0, 0.05) is 12.1 Å². The van der Waals surface area contributed by atoms with Gasteiger partial charge in [-0.25, -0.2) is 0 Å². The van der Waals surface area contributed by atoms with E-state index in [2.05, 4.69) is 5.32 Å². The average Bonchev–Trinajstić information content (AvgIpc) is 2.79.